The highest BCUT2D eigenvalue weighted by molar-refractivity contribution is 5.91. The van der Waals surface area contributed by atoms with Gasteiger partial charge in [0, 0.05) is 19.5 Å². The predicted molar refractivity (Wildman–Crippen MR) is 72.1 cm³/mol. The Balaban J connectivity index is 1.96. The van der Waals surface area contributed by atoms with Crippen molar-refractivity contribution in [3.05, 3.63) is 29.8 Å². The van der Waals surface area contributed by atoms with Gasteiger partial charge in [0.15, 0.2) is 0 Å². The van der Waals surface area contributed by atoms with E-state index in [9.17, 15) is 9.59 Å². The molecule has 1 aliphatic heterocycles. The van der Waals surface area contributed by atoms with Gasteiger partial charge < -0.3 is 15.3 Å². The average Bonchev–Trinajstić information content (AvgIpc) is 2.87. The summed E-state index contributed by atoms with van der Waals surface area (Å²) >= 11 is 0. The topological polar surface area (TPSA) is 93.4 Å². The molecular weight excluding hydrogens is 258 g/mol. The van der Waals surface area contributed by atoms with Crippen LogP contribution >= 0.6 is 0 Å². The first-order chi connectivity index (χ1) is 9.60. The highest BCUT2D eigenvalue weighted by atomic mass is 16.4. The minimum atomic E-state index is -0.841. The van der Waals surface area contributed by atoms with E-state index in [0.717, 1.165) is 0 Å². The van der Waals surface area contributed by atoms with Crippen molar-refractivity contribution in [1.29, 1.82) is 5.26 Å². The number of rotatable bonds is 3. The average molecular weight is 273 g/mol. The summed E-state index contributed by atoms with van der Waals surface area (Å²) in [4.78, 5) is 24.3. The molecule has 0 radical (unpaired) electrons. The molecule has 0 bridgehead atoms. The fraction of sp³-hybridized carbons (Fsp3) is 0.357. The van der Waals surface area contributed by atoms with Crippen LogP contribution in [0.5, 0.6) is 0 Å². The number of amides is 2. The highest BCUT2D eigenvalue weighted by Gasteiger charge is 2.27. The zero-order chi connectivity index (χ0) is 14.5. The number of aliphatic carboxylic acids is 1. The lowest BCUT2D eigenvalue weighted by molar-refractivity contribution is -0.138. The Bertz CT molecular complexity index is 565. The molecule has 6 nitrogen and oxygen atoms in total. The molecular formula is C14H15N3O3. The lowest BCUT2D eigenvalue weighted by Crippen LogP contribution is -2.33. The summed E-state index contributed by atoms with van der Waals surface area (Å²) in [6.45, 7) is 0.978. The molecule has 2 N–H and O–H groups in total. The Morgan fingerprint density at radius 1 is 1.45 bits per heavy atom. The number of likely N-dealkylation sites (tertiary alicyclic amines) is 1. The maximum atomic E-state index is 12.1. The minimum Gasteiger partial charge on any atom is -0.481 e. The summed E-state index contributed by atoms with van der Waals surface area (Å²) in [6.07, 6.45) is 0.776. The van der Waals surface area contributed by atoms with Crippen molar-refractivity contribution < 1.29 is 14.7 Å². The fourth-order valence-corrected chi connectivity index (χ4v) is 2.31. The lowest BCUT2D eigenvalue weighted by Gasteiger charge is -2.17. The molecule has 1 aromatic rings. The minimum absolute atomic E-state index is 0.00413. The normalized spacial score (nSPS) is 17.6. The first-order valence-corrected chi connectivity index (χ1v) is 6.37. The van der Waals surface area contributed by atoms with E-state index in [0.29, 0.717) is 30.8 Å². The summed E-state index contributed by atoms with van der Waals surface area (Å²) in [5, 5.41) is 20.4. The van der Waals surface area contributed by atoms with E-state index in [1.807, 2.05) is 6.07 Å². The SMILES string of the molecule is N#Cc1ccccc1NC(=O)N1CCC(CC(=O)O)C1. The number of para-hydroxylation sites is 1. The van der Waals surface area contributed by atoms with Crippen molar-refractivity contribution in [2.24, 2.45) is 5.92 Å². The van der Waals surface area contributed by atoms with Crippen molar-refractivity contribution in [1.82, 2.24) is 4.90 Å². The van der Waals surface area contributed by atoms with Crippen molar-refractivity contribution in [2.75, 3.05) is 18.4 Å². The van der Waals surface area contributed by atoms with Crippen LogP contribution in [0.2, 0.25) is 0 Å². The third-order valence-electron chi connectivity index (χ3n) is 3.33. The van der Waals surface area contributed by atoms with Crippen molar-refractivity contribution in [3.8, 4) is 6.07 Å². The number of carboxylic acid groups (broad SMARTS) is 1. The Labute approximate surface area is 116 Å². The predicted octanol–water partition coefficient (Wildman–Crippen LogP) is 1.89. The van der Waals surface area contributed by atoms with Crippen molar-refractivity contribution in [3.63, 3.8) is 0 Å². The van der Waals surface area contributed by atoms with Crippen LogP contribution in [0.15, 0.2) is 24.3 Å². The molecule has 1 aliphatic rings. The molecule has 1 unspecified atom stereocenters. The quantitative estimate of drug-likeness (QED) is 0.879. The Morgan fingerprint density at radius 3 is 2.90 bits per heavy atom. The van der Waals surface area contributed by atoms with Gasteiger partial charge in [-0.3, -0.25) is 4.79 Å². The Hall–Kier alpha value is -2.55. The third-order valence-corrected chi connectivity index (χ3v) is 3.33. The van der Waals surface area contributed by atoms with Gasteiger partial charge >= 0.3 is 12.0 Å². The van der Waals surface area contributed by atoms with E-state index < -0.39 is 5.97 Å². The number of carbonyl (C=O) groups is 2. The van der Waals surface area contributed by atoms with Gasteiger partial charge in [0.2, 0.25) is 0 Å². The number of hydrogen-bond acceptors (Lipinski definition) is 3. The monoisotopic (exact) mass is 273 g/mol. The number of nitriles is 1. The Kier molecular flexibility index (Phi) is 4.20. The van der Waals surface area contributed by atoms with Crippen LogP contribution in [0.4, 0.5) is 10.5 Å². The van der Waals surface area contributed by atoms with Crippen molar-refractivity contribution >= 4 is 17.7 Å². The number of carbonyl (C=O) groups excluding carboxylic acids is 1. The molecule has 104 valence electrons. The summed E-state index contributed by atoms with van der Waals surface area (Å²) in [5.41, 5.74) is 0.879. The van der Waals surface area contributed by atoms with E-state index in [1.54, 1.807) is 29.2 Å². The molecule has 1 saturated heterocycles. The molecule has 2 amide bonds. The number of nitrogens with zero attached hydrogens (tertiary/aromatic N) is 2. The smallest absolute Gasteiger partial charge is 0.321 e. The zero-order valence-corrected chi connectivity index (χ0v) is 10.9. The van der Waals surface area contributed by atoms with Crippen LogP contribution in [0.25, 0.3) is 0 Å². The number of urea groups is 1. The van der Waals surface area contributed by atoms with Gasteiger partial charge in [-0.1, -0.05) is 12.1 Å². The number of benzene rings is 1. The van der Waals surface area contributed by atoms with E-state index in [4.69, 9.17) is 10.4 Å². The van der Waals surface area contributed by atoms with Gasteiger partial charge in [0.1, 0.15) is 6.07 Å². The van der Waals surface area contributed by atoms with E-state index in [1.165, 1.54) is 0 Å². The van der Waals surface area contributed by atoms with Crippen LogP contribution in [0, 0.1) is 17.2 Å². The number of carboxylic acids is 1. The van der Waals surface area contributed by atoms with Gasteiger partial charge in [-0.05, 0) is 24.5 Å². The van der Waals surface area contributed by atoms with Crippen LogP contribution in [-0.4, -0.2) is 35.1 Å². The Morgan fingerprint density at radius 2 is 2.20 bits per heavy atom. The molecule has 1 aromatic carbocycles. The number of hydrogen-bond donors (Lipinski definition) is 2. The third kappa shape index (κ3) is 3.26. The maximum absolute atomic E-state index is 12.1. The fourth-order valence-electron chi connectivity index (χ4n) is 2.31. The molecule has 1 atom stereocenters. The molecule has 1 heterocycles. The highest BCUT2D eigenvalue weighted by Crippen LogP contribution is 2.21. The van der Waals surface area contributed by atoms with Crippen LogP contribution in [0.1, 0.15) is 18.4 Å². The second kappa shape index (κ2) is 6.06. The zero-order valence-electron chi connectivity index (χ0n) is 10.9. The van der Waals surface area contributed by atoms with E-state index >= 15 is 0 Å². The molecule has 0 spiro atoms. The standard InChI is InChI=1S/C14H15N3O3/c15-8-11-3-1-2-4-12(11)16-14(20)17-6-5-10(9-17)7-13(18)19/h1-4,10H,5-7,9H2,(H,16,20)(H,18,19). The van der Waals surface area contributed by atoms with Crippen LogP contribution in [-0.2, 0) is 4.79 Å². The summed E-state index contributed by atoms with van der Waals surface area (Å²) in [6, 6.07) is 8.50. The summed E-state index contributed by atoms with van der Waals surface area (Å²) in [7, 11) is 0. The summed E-state index contributed by atoms with van der Waals surface area (Å²) in [5.74, 6) is -0.837. The second-order valence-corrected chi connectivity index (χ2v) is 4.79. The van der Waals surface area contributed by atoms with E-state index in [2.05, 4.69) is 5.32 Å². The lowest BCUT2D eigenvalue weighted by atomic mass is 10.1. The maximum Gasteiger partial charge on any atom is 0.321 e. The van der Waals surface area contributed by atoms with Crippen LogP contribution in [0.3, 0.4) is 0 Å². The number of anilines is 1. The molecule has 0 aromatic heterocycles. The number of nitrogens with one attached hydrogen (secondary N) is 1. The van der Waals surface area contributed by atoms with Gasteiger partial charge in [-0.2, -0.15) is 5.26 Å². The van der Waals surface area contributed by atoms with Gasteiger partial charge in [0.25, 0.3) is 0 Å². The molecule has 0 saturated carbocycles. The van der Waals surface area contributed by atoms with Crippen molar-refractivity contribution in [2.45, 2.75) is 12.8 Å². The first kappa shape index (κ1) is 13.9. The molecule has 6 heteroatoms. The van der Waals surface area contributed by atoms with Crippen LogP contribution < -0.4 is 5.32 Å². The molecule has 20 heavy (non-hydrogen) atoms. The van der Waals surface area contributed by atoms with Gasteiger partial charge in [-0.15, -0.1) is 0 Å². The van der Waals surface area contributed by atoms with Gasteiger partial charge in [-0.25, -0.2) is 4.79 Å². The van der Waals surface area contributed by atoms with E-state index in [-0.39, 0.29) is 18.4 Å². The largest absolute Gasteiger partial charge is 0.481 e. The second-order valence-electron chi connectivity index (χ2n) is 4.79. The molecule has 0 aliphatic carbocycles. The van der Waals surface area contributed by atoms with Gasteiger partial charge in [0.05, 0.1) is 11.3 Å². The first-order valence-electron chi connectivity index (χ1n) is 6.37. The molecule has 2 rings (SSSR count). The molecule has 1 fully saturated rings. The summed E-state index contributed by atoms with van der Waals surface area (Å²) < 4.78 is 0.